The van der Waals surface area contributed by atoms with Crippen LogP contribution in [0.4, 0.5) is 5.69 Å². The van der Waals surface area contributed by atoms with Crippen molar-refractivity contribution >= 4 is 23.0 Å². The molecule has 0 radical (unpaired) electrons. The lowest BCUT2D eigenvalue weighted by atomic mass is 10.3. The molecule has 0 fully saturated rings. The lowest BCUT2D eigenvalue weighted by Crippen LogP contribution is -2.18. The Hall–Kier alpha value is -2.27. The highest BCUT2D eigenvalue weighted by Crippen LogP contribution is 2.24. The fraction of sp³-hybridized carbons (Fsp3) is 0.0714. The highest BCUT2D eigenvalue weighted by molar-refractivity contribution is 7.80. The van der Waals surface area contributed by atoms with Crippen LogP contribution in [0.15, 0.2) is 48.5 Å². The van der Waals surface area contributed by atoms with Gasteiger partial charge in [0.1, 0.15) is 17.2 Å². The molecule has 0 aliphatic heterocycles. The van der Waals surface area contributed by atoms with Crippen molar-refractivity contribution in [3.05, 3.63) is 48.5 Å². The van der Waals surface area contributed by atoms with Crippen LogP contribution < -0.4 is 20.5 Å². The van der Waals surface area contributed by atoms with Gasteiger partial charge < -0.3 is 20.5 Å². The standard InChI is InChI=1S/C14H14N2O2S/c1-17-11-6-8-13(9-7-11)18-12-4-2-10(3-5-12)16-14(15)19/h2-9H,1H3,(H3,15,16,19). The van der Waals surface area contributed by atoms with Gasteiger partial charge in [0.2, 0.25) is 0 Å². The summed E-state index contributed by atoms with van der Waals surface area (Å²) in [6.07, 6.45) is 0. The molecule has 0 bridgehead atoms. The van der Waals surface area contributed by atoms with Gasteiger partial charge in [-0.05, 0) is 60.7 Å². The zero-order chi connectivity index (χ0) is 13.7. The number of benzene rings is 2. The minimum absolute atomic E-state index is 0.240. The summed E-state index contributed by atoms with van der Waals surface area (Å²) < 4.78 is 10.8. The van der Waals surface area contributed by atoms with E-state index in [0.29, 0.717) is 0 Å². The van der Waals surface area contributed by atoms with Crippen molar-refractivity contribution < 1.29 is 9.47 Å². The molecule has 4 nitrogen and oxygen atoms in total. The summed E-state index contributed by atoms with van der Waals surface area (Å²) in [5.74, 6) is 2.28. The van der Waals surface area contributed by atoms with Crippen LogP contribution in [0.25, 0.3) is 0 Å². The Morgan fingerprint density at radius 1 is 0.947 bits per heavy atom. The largest absolute Gasteiger partial charge is 0.497 e. The molecule has 0 heterocycles. The summed E-state index contributed by atoms with van der Waals surface area (Å²) in [5, 5.41) is 3.09. The van der Waals surface area contributed by atoms with Gasteiger partial charge in [-0.25, -0.2) is 0 Å². The molecule has 19 heavy (non-hydrogen) atoms. The minimum Gasteiger partial charge on any atom is -0.497 e. The Kier molecular flexibility index (Phi) is 4.20. The lowest BCUT2D eigenvalue weighted by molar-refractivity contribution is 0.413. The van der Waals surface area contributed by atoms with E-state index in [2.05, 4.69) is 5.32 Å². The van der Waals surface area contributed by atoms with Crippen LogP contribution in [0.1, 0.15) is 0 Å². The van der Waals surface area contributed by atoms with E-state index in [4.69, 9.17) is 27.4 Å². The fourth-order valence-electron chi connectivity index (χ4n) is 1.53. The molecule has 2 rings (SSSR count). The highest BCUT2D eigenvalue weighted by atomic mass is 32.1. The molecule has 0 aliphatic rings. The molecular weight excluding hydrogens is 260 g/mol. The van der Waals surface area contributed by atoms with Gasteiger partial charge in [0.25, 0.3) is 0 Å². The molecule has 5 heteroatoms. The monoisotopic (exact) mass is 274 g/mol. The van der Waals surface area contributed by atoms with Gasteiger partial charge in [0.05, 0.1) is 7.11 Å². The number of anilines is 1. The first kappa shape index (κ1) is 13.2. The van der Waals surface area contributed by atoms with Crippen molar-refractivity contribution in [3.63, 3.8) is 0 Å². The Morgan fingerprint density at radius 3 is 1.89 bits per heavy atom. The molecule has 0 aromatic heterocycles. The zero-order valence-corrected chi connectivity index (χ0v) is 11.2. The summed E-state index contributed by atoms with van der Waals surface area (Å²) >= 11 is 4.76. The molecule has 0 unspecified atom stereocenters. The van der Waals surface area contributed by atoms with Gasteiger partial charge in [-0.15, -0.1) is 0 Å². The number of hydrogen-bond acceptors (Lipinski definition) is 3. The van der Waals surface area contributed by atoms with Gasteiger partial charge in [0.15, 0.2) is 5.11 Å². The molecule has 0 atom stereocenters. The molecule has 0 saturated carbocycles. The van der Waals surface area contributed by atoms with Crippen LogP contribution in [0.3, 0.4) is 0 Å². The third kappa shape index (κ3) is 3.86. The van der Waals surface area contributed by atoms with E-state index in [-0.39, 0.29) is 5.11 Å². The van der Waals surface area contributed by atoms with Gasteiger partial charge in [0, 0.05) is 5.69 Å². The maximum atomic E-state index is 5.69. The minimum atomic E-state index is 0.240. The first-order valence-electron chi connectivity index (χ1n) is 5.66. The van der Waals surface area contributed by atoms with E-state index in [0.717, 1.165) is 22.9 Å². The van der Waals surface area contributed by atoms with Gasteiger partial charge in [-0.1, -0.05) is 0 Å². The Bertz CT molecular complexity index is 553. The Morgan fingerprint density at radius 2 is 1.42 bits per heavy atom. The van der Waals surface area contributed by atoms with E-state index < -0.39 is 0 Å². The van der Waals surface area contributed by atoms with Crippen molar-refractivity contribution in [2.75, 3.05) is 12.4 Å². The lowest BCUT2D eigenvalue weighted by Gasteiger charge is -2.08. The predicted octanol–water partition coefficient (Wildman–Crippen LogP) is 3.14. The molecule has 0 amide bonds. The smallest absolute Gasteiger partial charge is 0.168 e. The van der Waals surface area contributed by atoms with Crippen LogP contribution in [-0.4, -0.2) is 12.2 Å². The van der Waals surface area contributed by atoms with E-state index in [1.54, 1.807) is 7.11 Å². The van der Waals surface area contributed by atoms with Crippen LogP contribution in [0.5, 0.6) is 17.2 Å². The quantitative estimate of drug-likeness (QED) is 0.839. The third-order valence-corrected chi connectivity index (χ3v) is 2.52. The summed E-state index contributed by atoms with van der Waals surface area (Å²) in [6, 6.07) is 14.8. The second kappa shape index (κ2) is 6.06. The van der Waals surface area contributed by atoms with Gasteiger partial charge in [-0.3, -0.25) is 0 Å². The summed E-state index contributed by atoms with van der Waals surface area (Å²) in [7, 11) is 1.63. The number of rotatable bonds is 4. The Labute approximate surface area is 117 Å². The fourth-order valence-corrected chi connectivity index (χ4v) is 1.65. The molecule has 0 aliphatic carbocycles. The van der Waals surface area contributed by atoms with E-state index in [1.165, 1.54) is 0 Å². The summed E-state index contributed by atoms with van der Waals surface area (Å²) in [5.41, 5.74) is 6.22. The van der Waals surface area contributed by atoms with Crippen molar-refractivity contribution in [2.24, 2.45) is 5.73 Å². The maximum Gasteiger partial charge on any atom is 0.168 e. The van der Waals surface area contributed by atoms with Crippen molar-refractivity contribution in [2.45, 2.75) is 0 Å². The number of hydrogen-bond donors (Lipinski definition) is 2. The van der Waals surface area contributed by atoms with E-state index in [9.17, 15) is 0 Å². The number of thiocarbonyl (C=S) groups is 1. The molecule has 98 valence electrons. The normalized spacial score (nSPS) is 9.74. The topological polar surface area (TPSA) is 56.5 Å². The SMILES string of the molecule is COc1ccc(Oc2ccc(NC(N)=S)cc2)cc1. The number of methoxy groups -OCH3 is 1. The summed E-state index contributed by atoms with van der Waals surface area (Å²) in [6.45, 7) is 0. The average Bonchev–Trinajstić information content (AvgIpc) is 2.41. The van der Waals surface area contributed by atoms with Crippen molar-refractivity contribution in [3.8, 4) is 17.2 Å². The second-order valence-electron chi connectivity index (χ2n) is 3.79. The molecular formula is C14H14N2O2S. The predicted molar refractivity (Wildman–Crippen MR) is 79.9 cm³/mol. The third-order valence-electron chi connectivity index (χ3n) is 2.42. The number of nitrogens with two attached hydrogens (primary N) is 1. The van der Waals surface area contributed by atoms with Crippen LogP contribution in [-0.2, 0) is 0 Å². The van der Waals surface area contributed by atoms with Gasteiger partial charge >= 0.3 is 0 Å². The van der Waals surface area contributed by atoms with Crippen molar-refractivity contribution in [1.82, 2.24) is 0 Å². The highest BCUT2D eigenvalue weighted by Gasteiger charge is 1.99. The molecule has 3 N–H and O–H groups in total. The summed E-state index contributed by atoms with van der Waals surface area (Å²) in [4.78, 5) is 0. The van der Waals surface area contributed by atoms with E-state index >= 15 is 0 Å². The van der Waals surface area contributed by atoms with Crippen LogP contribution in [0, 0.1) is 0 Å². The average molecular weight is 274 g/mol. The van der Waals surface area contributed by atoms with E-state index in [1.807, 2.05) is 48.5 Å². The molecule has 2 aromatic rings. The van der Waals surface area contributed by atoms with Crippen LogP contribution in [0.2, 0.25) is 0 Å². The Balaban J connectivity index is 2.04. The van der Waals surface area contributed by atoms with Crippen molar-refractivity contribution in [1.29, 1.82) is 0 Å². The first-order chi connectivity index (χ1) is 9.17. The number of nitrogens with one attached hydrogen (secondary N) is 1. The van der Waals surface area contributed by atoms with Crippen LogP contribution >= 0.6 is 12.2 Å². The second-order valence-corrected chi connectivity index (χ2v) is 4.23. The first-order valence-corrected chi connectivity index (χ1v) is 6.06. The van der Waals surface area contributed by atoms with Gasteiger partial charge in [-0.2, -0.15) is 0 Å². The molecule has 2 aromatic carbocycles. The molecule has 0 saturated heterocycles. The maximum absolute atomic E-state index is 5.69. The number of ether oxygens (including phenoxy) is 2. The molecule has 0 spiro atoms. The zero-order valence-electron chi connectivity index (χ0n) is 10.4.